The van der Waals surface area contributed by atoms with Crippen LogP contribution in [0.4, 0.5) is 0 Å². The highest BCUT2D eigenvalue weighted by atomic mass is 14.6. The first-order chi connectivity index (χ1) is 5.41. The fourth-order valence-electron chi connectivity index (χ4n) is 1.14. The summed E-state index contributed by atoms with van der Waals surface area (Å²) in [5.74, 6) is 1.19. The van der Waals surface area contributed by atoms with Crippen molar-refractivity contribution < 1.29 is 0 Å². The summed E-state index contributed by atoms with van der Waals surface area (Å²) in [6.07, 6.45) is 1.15. The zero-order valence-corrected chi connectivity index (χ0v) is 8.93. The molecule has 0 aromatic heterocycles. The van der Waals surface area contributed by atoms with Gasteiger partial charge in [0.1, 0.15) is 0 Å². The average Bonchev–Trinajstić information content (AvgIpc) is 1.97. The van der Waals surface area contributed by atoms with Crippen LogP contribution >= 0.6 is 0 Å². The predicted molar refractivity (Wildman–Crippen MR) is 54.8 cm³/mol. The molecule has 0 rings (SSSR count). The van der Waals surface area contributed by atoms with Gasteiger partial charge in [-0.05, 0) is 36.8 Å². The van der Waals surface area contributed by atoms with Gasteiger partial charge >= 0.3 is 0 Å². The number of hydrogen-bond acceptors (Lipinski definition) is 2. The van der Waals surface area contributed by atoms with E-state index in [9.17, 15) is 0 Å². The molecule has 0 aliphatic heterocycles. The van der Waals surface area contributed by atoms with Gasteiger partial charge in [-0.3, -0.25) is 0 Å². The molecular formula is C10H24N2. The summed E-state index contributed by atoms with van der Waals surface area (Å²) < 4.78 is 0. The van der Waals surface area contributed by atoms with Crippen LogP contribution in [0.1, 0.15) is 34.1 Å². The quantitative estimate of drug-likeness (QED) is 0.676. The zero-order chi connectivity index (χ0) is 9.78. The smallest absolute Gasteiger partial charge is 0.00367 e. The monoisotopic (exact) mass is 172 g/mol. The van der Waals surface area contributed by atoms with Crippen molar-refractivity contribution in [2.75, 3.05) is 13.1 Å². The van der Waals surface area contributed by atoms with Gasteiger partial charge in [-0.15, -0.1) is 0 Å². The van der Waals surface area contributed by atoms with Gasteiger partial charge in [-0.1, -0.05) is 27.7 Å². The van der Waals surface area contributed by atoms with Gasteiger partial charge in [0.2, 0.25) is 0 Å². The lowest BCUT2D eigenvalue weighted by Crippen LogP contribution is -2.29. The van der Waals surface area contributed by atoms with Crippen LogP contribution in [-0.4, -0.2) is 13.1 Å². The molecule has 1 atom stereocenters. The molecule has 0 spiro atoms. The molecular weight excluding hydrogens is 148 g/mol. The Morgan fingerprint density at radius 2 is 1.50 bits per heavy atom. The van der Waals surface area contributed by atoms with E-state index < -0.39 is 0 Å². The maximum absolute atomic E-state index is 5.59. The molecule has 0 fully saturated rings. The van der Waals surface area contributed by atoms with Crippen LogP contribution in [0.3, 0.4) is 0 Å². The van der Waals surface area contributed by atoms with Crippen LogP contribution in [-0.2, 0) is 0 Å². The maximum Gasteiger partial charge on any atom is -0.00367 e. The lowest BCUT2D eigenvalue weighted by Gasteiger charge is -2.29. The summed E-state index contributed by atoms with van der Waals surface area (Å²) in [5.41, 5.74) is 11.6. The maximum atomic E-state index is 5.59. The first kappa shape index (κ1) is 11.9. The van der Waals surface area contributed by atoms with Gasteiger partial charge in [-0.2, -0.15) is 0 Å². The SMILES string of the molecule is CC(CC(CN)CN)C(C)(C)C. The van der Waals surface area contributed by atoms with E-state index in [0.29, 0.717) is 17.3 Å². The Labute approximate surface area is 76.7 Å². The molecule has 2 nitrogen and oxygen atoms in total. The average molecular weight is 172 g/mol. The van der Waals surface area contributed by atoms with Crippen molar-refractivity contribution in [2.24, 2.45) is 28.7 Å². The third-order valence-corrected chi connectivity index (χ3v) is 2.83. The highest BCUT2D eigenvalue weighted by Crippen LogP contribution is 2.30. The number of nitrogens with two attached hydrogens (primary N) is 2. The lowest BCUT2D eigenvalue weighted by molar-refractivity contribution is 0.217. The van der Waals surface area contributed by atoms with Crippen molar-refractivity contribution in [2.45, 2.75) is 34.1 Å². The van der Waals surface area contributed by atoms with E-state index in [1.165, 1.54) is 0 Å². The summed E-state index contributed by atoms with van der Waals surface area (Å²) in [4.78, 5) is 0. The van der Waals surface area contributed by atoms with Crippen molar-refractivity contribution in [1.82, 2.24) is 0 Å². The molecule has 0 aliphatic rings. The van der Waals surface area contributed by atoms with Crippen LogP contribution in [0.2, 0.25) is 0 Å². The third-order valence-electron chi connectivity index (χ3n) is 2.83. The van der Waals surface area contributed by atoms with Gasteiger partial charge in [0.05, 0.1) is 0 Å². The molecule has 0 radical (unpaired) electrons. The minimum atomic E-state index is 0.378. The Morgan fingerprint density at radius 3 is 1.75 bits per heavy atom. The van der Waals surface area contributed by atoms with E-state index >= 15 is 0 Å². The second kappa shape index (κ2) is 4.83. The summed E-state index contributed by atoms with van der Waals surface area (Å²) >= 11 is 0. The van der Waals surface area contributed by atoms with Crippen molar-refractivity contribution in [1.29, 1.82) is 0 Å². The fraction of sp³-hybridized carbons (Fsp3) is 1.00. The molecule has 4 N–H and O–H groups in total. The van der Waals surface area contributed by atoms with Crippen LogP contribution in [0.25, 0.3) is 0 Å². The van der Waals surface area contributed by atoms with Gasteiger partial charge in [0, 0.05) is 0 Å². The third kappa shape index (κ3) is 4.07. The highest BCUT2D eigenvalue weighted by molar-refractivity contribution is 4.74. The molecule has 2 heteroatoms. The first-order valence-electron chi connectivity index (χ1n) is 4.82. The normalized spacial score (nSPS) is 15.2. The Kier molecular flexibility index (Phi) is 4.80. The van der Waals surface area contributed by atoms with Crippen LogP contribution < -0.4 is 11.5 Å². The van der Waals surface area contributed by atoms with Crippen molar-refractivity contribution in [3.8, 4) is 0 Å². The van der Waals surface area contributed by atoms with Crippen molar-refractivity contribution >= 4 is 0 Å². The zero-order valence-electron chi connectivity index (χ0n) is 8.93. The van der Waals surface area contributed by atoms with E-state index in [1.54, 1.807) is 0 Å². The van der Waals surface area contributed by atoms with Gasteiger partial charge in [-0.25, -0.2) is 0 Å². The Balaban J connectivity index is 3.90. The Bertz CT molecular complexity index is 111. The molecule has 0 aromatic carbocycles. The Morgan fingerprint density at radius 1 is 1.08 bits per heavy atom. The van der Waals surface area contributed by atoms with Gasteiger partial charge in [0.15, 0.2) is 0 Å². The molecule has 0 aromatic rings. The molecule has 0 saturated carbocycles. The van der Waals surface area contributed by atoms with E-state index in [1.807, 2.05) is 0 Å². The molecule has 0 bridgehead atoms. The lowest BCUT2D eigenvalue weighted by atomic mass is 9.77. The fourth-order valence-corrected chi connectivity index (χ4v) is 1.14. The summed E-state index contributed by atoms with van der Waals surface area (Å²) in [6, 6.07) is 0. The molecule has 0 heterocycles. The molecule has 0 amide bonds. The first-order valence-corrected chi connectivity index (χ1v) is 4.82. The number of rotatable bonds is 4. The second-order valence-electron chi connectivity index (χ2n) is 4.84. The topological polar surface area (TPSA) is 52.0 Å². The standard InChI is InChI=1S/C10H24N2/c1-8(10(2,3)4)5-9(6-11)7-12/h8-9H,5-7,11-12H2,1-4H3. The van der Waals surface area contributed by atoms with E-state index in [0.717, 1.165) is 19.5 Å². The van der Waals surface area contributed by atoms with Crippen LogP contribution in [0, 0.1) is 17.3 Å². The molecule has 0 saturated heterocycles. The minimum Gasteiger partial charge on any atom is -0.330 e. The molecule has 1 unspecified atom stereocenters. The van der Waals surface area contributed by atoms with E-state index in [2.05, 4.69) is 27.7 Å². The van der Waals surface area contributed by atoms with Crippen molar-refractivity contribution in [3.63, 3.8) is 0 Å². The van der Waals surface area contributed by atoms with Gasteiger partial charge in [0.25, 0.3) is 0 Å². The molecule has 74 valence electrons. The van der Waals surface area contributed by atoms with Gasteiger partial charge < -0.3 is 11.5 Å². The summed E-state index contributed by atoms with van der Waals surface area (Å²) in [7, 11) is 0. The van der Waals surface area contributed by atoms with E-state index in [-0.39, 0.29) is 0 Å². The highest BCUT2D eigenvalue weighted by Gasteiger charge is 2.22. The summed E-state index contributed by atoms with van der Waals surface area (Å²) in [5, 5.41) is 0. The van der Waals surface area contributed by atoms with Crippen LogP contribution in [0.5, 0.6) is 0 Å². The minimum absolute atomic E-state index is 0.378. The number of hydrogen-bond donors (Lipinski definition) is 2. The molecule has 0 aliphatic carbocycles. The Hall–Kier alpha value is -0.0800. The van der Waals surface area contributed by atoms with Crippen LogP contribution in [0.15, 0.2) is 0 Å². The second-order valence-corrected chi connectivity index (χ2v) is 4.84. The summed E-state index contributed by atoms with van der Waals surface area (Å²) in [6.45, 7) is 10.5. The molecule has 12 heavy (non-hydrogen) atoms. The predicted octanol–water partition coefficient (Wildman–Crippen LogP) is 1.59. The largest absolute Gasteiger partial charge is 0.330 e. The van der Waals surface area contributed by atoms with Crippen molar-refractivity contribution in [3.05, 3.63) is 0 Å². The van der Waals surface area contributed by atoms with E-state index in [4.69, 9.17) is 11.5 Å².